The summed E-state index contributed by atoms with van der Waals surface area (Å²) in [7, 11) is 1.72. The van der Waals surface area contributed by atoms with Crippen LogP contribution in [-0.4, -0.2) is 37.2 Å². The molecule has 1 aromatic rings. The van der Waals surface area contributed by atoms with E-state index in [2.05, 4.69) is 34.5 Å². The number of benzene rings is 1. The van der Waals surface area contributed by atoms with Gasteiger partial charge >= 0.3 is 0 Å². The highest BCUT2D eigenvalue weighted by Crippen LogP contribution is 2.29. The van der Waals surface area contributed by atoms with Gasteiger partial charge in [0.1, 0.15) is 5.75 Å². The van der Waals surface area contributed by atoms with E-state index in [4.69, 9.17) is 4.74 Å². The fourth-order valence-electron chi connectivity index (χ4n) is 3.11. The number of piperidine rings is 1. The van der Waals surface area contributed by atoms with Crippen LogP contribution < -0.4 is 10.1 Å². The van der Waals surface area contributed by atoms with E-state index in [-0.39, 0.29) is 0 Å². The monoisotopic (exact) mass is 274 g/mol. The van der Waals surface area contributed by atoms with E-state index < -0.39 is 0 Å². The third-order valence-corrected chi connectivity index (χ3v) is 4.48. The van der Waals surface area contributed by atoms with Gasteiger partial charge in [-0.15, -0.1) is 0 Å². The van der Waals surface area contributed by atoms with Crippen LogP contribution in [0.15, 0.2) is 24.3 Å². The lowest BCUT2D eigenvalue weighted by atomic mass is 10.0. The number of ether oxygens (including phenoxy) is 1. The second-order valence-corrected chi connectivity index (χ2v) is 6.16. The average Bonchev–Trinajstić information content (AvgIpc) is 3.33. The van der Waals surface area contributed by atoms with Crippen molar-refractivity contribution in [1.29, 1.82) is 0 Å². The zero-order valence-corrected chi connectivity index (χ0v) is 12.5. The maximum absolute atomic E-state index is 5.23. The summed E-state index contributed by atoms with van der Waals surface area (Å²) in [4.78, 5) is 2.67. The quantitative estimate of drug-likeness (QED) is 0.863. The van der Waals surface area contributed by atoms with Gasteiger partial charge in [-0.25, -0.2) is 0 Å². The van der Waals surface area contributed by atoms with E-state index in [1.165, 1.54) is 50.8 Å². The molecule has 1 saturated heterocycles. The molecule has 2 fully saturated rings. The number of hydrogen-bond acceptors (Lipinski definition) is 3. The Morgan fingerprint density at radius 1 is 1.15 bits per heavy atom. The normalized spacial score (nSPS) is 23.0. The minimum Gasteiger partial charge on any atom is -0.497 e. The maximum atomic E-state index is 5.23. The Balaban J connectivity index is 1.58. The average molecular weight is 274 g/mol. The van der Waals surface area contributed by atoms with Gasteiger partial charge in [0.15, 0.2) is 0 Å². The van der Waals surface area contributed by atoms with Crippen molar-refractivity contribution in [3.8, 4) is 5.75 Å². The van der Waals surface area contributed by atoms with Gasteiger partial charge in [0.25, 0.3) is 0 Å². The summed E-state index contributed by atoms with van der Waals surface area (Å²) in [6.45, 7) is 3.48. The molecule has 1 heterocycles. The Bertz CT molecular complexity index is 408. The molecule has 2 aliphatic rings. The topological polar surface area (TPSA) is 24.5 Å². The Kier molecular flexibility index (Phi) is 4.58. The molecular formula is C17H26N2O. The Labute approximate surface area is 122 Å². The van der Waals surface area contributed by atoms with E-state index >= 15 is 0 Å². The Morgan fingerprint density at radius 2 is 1.95 bits per heavy atom. The third kappa shape index (κ3) is 3.74. The fourth-order valence-corrected chi connectivity index (χ4v) is 3.11. The van der Waals surface area contributed by atoms with Gasteiger partial charge in [-0.05, 0) is 49.9 Å². The van der Waals surface area contributed by atoms with E-state index in [0.717, 1.165) is 18.3 Å². The Morgan fingerprint density at radius 3 is 2.55 bits per heavy atom. The second kappa shape index (κ2) is 6.59. The zero-order chi connectivity index (χ0) is 13.8. The summed E-state index contributed by atoms with van der Waals surface area (Å²) < 4.78 is 5.23. The first-order valence-electron chi connectivity index (χ1n) is 7.95. The summed E-state index contributed by atoms with van der Waals surface area (Å²) in [6, 6.07) is 10.0. The van der Waals surface area contributed by atoms with Gasteiger partial charge in [0.2, 0.25) is 0 Å². The van der Waals surface area contributed by atoms with Crippen molar-refractivity contribution in [1.82, 2.24) is 10.2 Å². The summed E-state index contributed by atoms with van der Waals surface area (Å²) >= 11 is 0. The zero-order valence-electron chi connectivity index (χ0n) is 12.5. The van der Waals surface area contributed by atoms with Gasteiger partial charge in [-0.2, -0.15) is 0 Å². The molecule has 0 aromatic heterocycles. The highest BCUT2D eigenvalue weighted by molar-refractivity contribution is 5.27. The summed E-state index contributed by atoms with van der Waals surface area (Å²) in [6.07, 6.45) is 6.83. The molecule has 1 aromatic carbocycles. The molecule has 0 amide bonds. The van der Waals surface area contributed by atoms with Crippen LogP contribution in [0.25, 0.3) is 0 Å². The van der Waals surface area contributed by atoms with Crippen LogP contribution in [0, 0.1) is 0 Å². The predicted molar refractivity (Wildman–Crippen MR) is 82.1 cm³/mol. The van der Waals surface area contributed by atoms with Crippen LogP contribution in [0.5, 0.6) is 5.75 Å². The molecule has 110 valence electrons. The first-order valence-corrected chi connectivity index (χ1v) is 7.95. The fraction of sp³-hybridized carbons (Fsp3) is 0.647. The Hall–Kier alpha value is -1.06. The van der Waals surface area contributed by atoms with Gasteiger partial charge < -0.3 is 10.1 Å². The molecule has 3 heteroatoms. The molecular weight excluding hydrogens is 248 g/mol. The van der Waals surface area contributed by atoms with Crippen molar-refractivity contribution in [3.05, 3.63) is 29.8 Å². The lowest BCUT2D eigenvalue weighted by molar-refractivity contribution is 0.208. The van der Waals surface area contributed by atoms with Crippen LogP contribution in [0.1, 0.15) is 37.7 Å². The number of nitrogens with one attached hydrogen (secondary N) is 1. The largest absolute Gasteiger partial charge is 0.497 e. The third-order valence-electron chi connectivity index (χ3n) is 4.48. The molecule has 1 atom stereocenters. The first kappa shape index (κ1) is 13.9. The van der Waals surface area contributed by atoms with Crippen molar-refractivity contribution in [2.45, 2.75) is 50.7 Å². The van der Waals surface area contributed by atoms with Gasteiger partial charge in [-0.1, -0.05) is 18.6 Å². The molecule has 1 N–H and O–H groups in total. The SMILES string of the molecule is COc1ccc(CN(CC2CCCCN2)C2CC2)cc1. The minimum atomic E-state index is 0.697. The second-order valence-electron chi connectivity index (χ2n) is 6.16. The van der Waals surface area contributed by atoms with Crippen molar-refractivity contribution in [3.63, 3.8) is 0 Å². The van der Waals surface area contributed by atoms with Crippen LogP contribution in [-0.2, 0) is 6.54 Å². The summed E-state index contributed by atoms with van der Waals surface area (Å²) in [5.74, 6) is 0.945. The van der Waals surface area contributed by atoms with Gasteiger partial charge in [0.05, 0.1) is 7.11 Å². The van der Waals surface area contributed by atoms with Crippen molar-refractivity contribution in [2.24, 2.45) is 0 Å². The smallest absolute Gasteiger partial charge is 0.118 e. The van der Waals surface area contributed by atoms with Crippen LogP contribution in [0.3, 0.4) is 0 Å². The standard InChI is InChI=1S/C17H26N2O/c1-20-17-9-5-14(6-10-17)12-19(16-7-8-16)13-15-4-2-3-11-18-15/h5-6,9-10,15-16,18H,2-4,7-8,11-13H2,1H3. The van der Waals surface area contributed by atoms with Gasteiger partial charge in [0, 0.05) is 25.2 Å². The first-order chi connectivity index (χ1) is 9.85. The summed E-state index contributed by atoms with van der Waals surface area (Å²) in [5, 5.41) is 3.67. The maximum Gasteiger partial charge on any atom is 0.118 e. The number of methoxy groups -OCH3 is 1. The van der Waals surface area contributed by atoms with Crippen molar-refractivity contribution in [2.75, 3.05) is 20.2 Å². The van der Waals surface area contributed by atoms with Crippen LogP contribution in [0.4, 0.5) is 0 Å². The number of hydrogen-bond donors (Lipinski definition) is 1. The molecule has 0 spiro atoms. The van der Waals surface area contributed by atoms with Crippen LogP contribution >= 0.6 is 0 Å². The van der Waals surface area contributed by atoms with Crippen molar-refractivity contribution >= 4 is 0 Å². The molecule has 1 unspecified atom stereocenters. The molecule has 0 radical (unpaired) electrons. The molecule has 1 aliphatic carbocycles. The molecule has 1 saturated carbocycles. The summed E-state index contributed by atoms with van der Waals surface area (Å²) in [5.41, 5.74) is 1.40. The molecule has 0 bridgehead atoms. The molecule has 20 heavy (non-hydrogen) atoms. The van der Waals surface area contributed by atoms with E-state index in [0.29, 0.717) is 6.04 Å². The minimum absolute atomic E-state index is 0.697. The lowest BCUT2D eigenvalue weighted by Crippen LogP contribution is -2.44. The predicted octanol–water partition coefficient (Wildman–Crippen LogP) is 2.80. The lowest BCUT2D eigenvalue weighted by Gasteiger charge is -2.30. The molecule has 1 aliphatic heterocycles. The number of rotatable bonds is 6. The highest BCUT2D eigenvalue weighted by Gasteiger charge is 2.30. The van der Waals surface area contributed by atoms with E-state index in [1.54, 1.807) is 7.11 Å². The van der Waals surface area contributed by atoms with Crippen LogP contribution in [0.2, 0.25) is 0 Å². The molecule has 3 rings (SSSR count). The highest BCUT2D eigenvalue weighted by atomic mass is 16.5. The van der Waals surface area contributed by atoms with Gasteiger partial charge in [-0.3, -0.25) is 4.90 Å². The molecule has 3 nitrogen and oxygen atoms in total. The van der Waals surface area contributed by atoms with Crippen molar-refractivity contribution < 1.29 is 4.74 Å². The van der Waals surface area contributed by atoms with E-state index in [1.807, 2.05) is 0 Å². The number of nitrogens with zero attached hydrogens (tertiary/aromatic N) is 1. The van der Waals surface area contributed by atoms with E-state index in [9.17, 15) is 0 Å².